The predicted molar refractivity (Wildman–Crippen MR) is 83.7 cm³/mol. The van der Waals surface area contributed by atoms with Gasteiger partial charge in [0.05, 0.1) is 6.10 Å². The number of nitrogens with one attached hydrogen (secondary N) is 1. The Morgan fingerprint density at radius 3 is 2.60 bits per heavy atom. The molecule has 1 aliphatic rings. The van der Waals surface area contributed by atoms with Crippen LogP contribution in [0.15, 0.2) is 30.3 Å². The molecule has 2 atom stereocenters. The molecule has 110 valence electrons. The van der Waals surface area contributed by atoms with E-state index in [2.05, 4.69) is 12.2 Å². The Bertz CT molecular complexity index is 445. The van der Waals surface area contributed by atoms with E-state index in [4.69, 9.17) is 0 Å². The van der Waals surface area contributed by atoms with Gasteiger partial charge >= 0.3 is 0 Å². The molecule has 0 aliphatic heterocycles. The molecule has 1 saturated carbocycles. The van der Waals surface area contributed by atoms with Crippen LogP contribution in [0, 0.1) is 5.41 Å². The molecule has 1 fully saturated rings. The Kier molecular flexibility index (Phi) is 5.11. The van der Waals surface area contributed by atoms with Crippen LogP contribution >= 0.6 is 11.8 Å². The molecule has 1 aromatic rings. The average molecular weight is 293 g/mol. The third-order valence-corrected chi connectivity index (χ3v) is 5.07. The molecule has 0 heterocycles. The largest absolute Gasteiger partial charge is 0.388 e. The Morgan fingerprint density at radius 2 is 2.05 bits per heavy atom. The third-order valence-electron chi connectivity index (χ3n) is 4.10. The number of thioether (sulfide) groups is 1. The lowest BCUT2D eigenvalue weighted by Gasteiger charge is -2.23. The predicted octanol–water partition coefficient (Wildman–Crippen LogP) is 2.76. The average Bonchev–Trinajstić information content (AvgIpc) is 3.26. The summed E-state index contributed by atoms with van der Waals surface area (Å²) in [5.41, 5.74) is 0.788. The van der Waals surface area contributed by atoms with Crippen LogP contribution in [-0.4, -0.2) is 29.1 Å². The zero-order valence-electron chi connectivity index (χ0n) is 12.1. The molecular weight excluding hydrogens is 270 g/mol. The van der Waals surface area contributed by atoms with E-state index in [1.54, 1.807) is 11.8 Å². The molecule has 0 bridgehead atoms. The molecule has 2 unspecified atom stereocenters. The van der Waals surface area contributed by atoms with Crippen molar-refractivity contribution in [2.75, 3.05) is 12.8 Å². The quantitative estimate of drug-likeness (QED) is 0.812. The smallest absolute Gasteiger partial charge is 0.221 e. The fourth-order valence-electron chi connectivity index (χ4n) is 2.39. The molecule has 2 rings (SSSR count). The fraction of sp³-hybridized carbons (Fsp3) is 0.562. The minimum absolute atomic E-state index is 0.0818. The Morgan fingerprint density at radius 1 is 1.40 bits per heavy atom. The van der Waals surface area contributed by atoms with Crippen molar-refractivity contribution < 1.29 is 9.90 Å². The molecule has 1 aromatic carbocycles. The molecule has 0 saturated heterocycles. The summed E-state index contributed by atoms with van der Waals surface area (Å²) in [6.07, 6.45) is 4.02. The minimum Gasteiger partial charge on any atom is -0.388 e. The first-order chi connectivity index (χ1) is 9.57. The lowest BCUT2D eigenvalue weighted by molar-refractivity contribution is -0.121. The van der Waals surface area contributed by atoms with E-state index in [-0.39, 0.29) is 11.3 Å². The van der Waals surface area contributed by atoms with Gasteiger partial charge in [0.25, 0.3) is 0 Å². The minimum atomic E-state index is -0.484. The first-order valence-corrected chi connectivity index (χ1v) is 8.39. The van der Waals surface area contributed by atoms with E-state index >= 15 is 0 Å². The summed E-state index contributed by atoms with van der Waals surface area (Å²) in [7, 11) is 0. The topological polar surface area (TPSA) is 49.3 Å². The van der Waals surface area contributed by atoms with Crippen LogP contribution in [0.5, 0.6) is 0 Å². The first kappa shape index (κ1) is 15.4. The van der Waals surface area contributed by atoms with Crippen molar-refractivity contribution in [2.45, 2.75) is 37.5 Å². The Balaban J connectivity index is 1.87. The second kappa shape index (κ2) is 6.64. The highest BCUT2D eigenvalue weighted by atomic mass is 32.2. The summed E-state index contributed by atoms with van der Waals surface area (Å²) >= 11 is 1.70. The highest BCUT2D eigenvalue weighted by molar-refractivity contribution is 7.99. The van der Waals surface area contributed by atoms with Gasteiger partial charge in [0.1, 0.15) is 0 Å². The molecule has 0 aromatic heterocycles. The summed E-state index contributed by atoms with van der Waals surface area (Å²) < 4.78 is 0. The molecule has 3 nitrogen and oxygen atoms in total. The molecule has 0 spiro atoms. The second-order valence-corrected chi connectivity index (χ2v) is 6.98. The Labute approximate surface area is 125 Å². The van der Waals surface area contributed by atoms with E-state index in [1.807, 2.05) is 36.6 Å². The van der Waals surface area contributed by atoms with Crippen molar-refractivity contribution in [3.63, 3.8) is 0 Å². The SMILES string of the molecule is CSC(C)CC(=O)NCC1(C(O)c2ccccc2)CC1. The highest BCUT2D eigenvalue weighted by Gasteiger charge is 2.49. The van der Waals surface area contributed by atoms with Gasteiger partial charge < -0.3 is 10.4 Å². The summed E-state index contributed by atoms with van der Waals surface area (Å²) in [5.74, 6) is 0.0818. The molecule has 4 heteroatoms. The molecule has 1 aliphatic carbocycles. The summed E-state index contributed by atoms with van der Waals surface area (Å²) in [5, 5.41) is 13.8. The van der Waals surface area contributed by atoms with Gasteiger partial charge in [-0.25, -0.2) is 0 Å². The van der Waals surface area contributed by atoms with E-state index in [0.717, 1.165) is 18.4 Å². The molecule has 0 radical (unpaired) electrons. The number of rotatable bonds is 7. The lowest BCUT2D eigenvalue weighted by atomic mass is 9.92. The monoisotopic (exact) mass is 293 g/mol. The van der Waals surface area contributed by atoms with Gasteiger partial charge in [-0.2, -0.15) is 11.8 Å². The van der Waals surface area contributed by atoms with Crippen molar-refractivity contribution in [3.05, 3.63) is 35.9 Å². The van der Waals surface area contributed by atoms with Crippen LogP contribution in [0.25, 0.3) is 0 Å². The number of aliphatic hydroxyl groups excluding tert-OH is 1. The van der Waals surface area contributed by atoms with Gasteiger partial charge in [-0.1, -0.05) is 37.3 Å². The van der Waals surface area contributed by atoms with Crippen molar-refractivity contribution in [2.24, 2.45) is 5.41 Å². The van der Waals surface area contributed by atoms with Crippen LogP contribution in [0.1, 0.15) is 37.9 Å². The number of carbonyl (C=O) groups excluding carboxylic acids is 1. The maximum atomic E-state index is 11.8. The van der Waals surface area contributed by atoms with Crippen LogP contribution in [0.4, 0.5) is 0 Å². The van der Waals surface area contributed by atoms with Gasteiger partial charge in [0, 0.05) is 23.6 Å². The Hall–Kier alpha value is -1.00. The van der Waals surface area contributed by atoms with Gasteiger partial charge in [-0.05, 0) is 24.7 Å². The fourth-order valence-corrected chi connectivity index (χ4v) is 2.71. The van der Waals surface area contributed by atoms with E-state index in [9.17, 15) is 9.90 Å². The lowest BCUT2D eigenvalue weighted by Crippen LogP contribution is -2.34. The zero-order valence-corrected chi connectivity index (χ0v) is 13.0. The summed E-state index contributed by atoms with van der Waals surface area (Å²) in [4.78, 5) is 11.8. The normalized spacial score (nSPS) is 19.1. The van der Waals surface area contributed by atoms with Crippen LogP contribution in [-0.2, 0) is 4.79 Å². The van der Waals surface area contributed by atoms with Crippen molar-refractivity contribution in [1.82, 2.24) is 5.32 Å². The number of amides is 1. The van der Waals surface area contributed by atoms with Crippen LogP contribution in [0.2, 0.25) is 0 Å². The van der Waals surface area contributed by atoms with E-state index in [1.165, 1.54) is 0 Å². The van der Waals surface area contributed by atoms with Gasteiger partial charge in [0.2, 0.25) is 5.91 Å². The van der Waals surface area contributed by atoms with Crippen molar-refractivity contribution >= 4 is 17.7 Å². The van der Waals surface area contributed by atoms with Crippen LogP contribution < -0.4 is 5.32 Å². The number of aliphatic hydroxyl groups is 1. The van der Waals surface area contributed by atoms with Gasteiger partial charge in [-0.3, -0.25) is 4.79 Å². The highest BCUT2D eigenvalue weighted by Crippen LogP contribution is 2.54. The molecular formula is C16H23NO2S. The van der Waals surface area contributed by atoms with E-state index in [0.29, 0.717) is 18.2 Å². The number of hydrogen-bond donors (Lipinski definition) is 2. The zero-order chi connectivity index (χ0) is 14.6. The standard InChI is InChI=1S/C16H23NO2S/c1-12(20-2)10-14(18)17-11-16(8-9-16)15(19)13-6-4-3-5-7-13/h3-7,12,15,19H,8-11H2,1-2H3,(H,17,18). The number of carbonyl (C=O) groups is 1. The van der Waals surface area contributed by atoms with Crippen molar-refractivity contribution in [3.8, 4) is 0 Å². The van der Waals surface area contributed by atoms with Crippen LogP contribution in [0.3, 0.4) is 0 Å². The third kappa shape index (κ3) is 3.76. The second-order valence-electron chi connectivity index (χ2n) is 5.70. The number of hydrogen-bond acceptors (Lipinski definition) is 3. The molecule has 20 heavy (non-hydrogen) atoms. The van der Waals surface area contributed by atoms with E-state index < -0.39 is 6.10 Å². The first-order valence-electron chi connectivity index (χ1n) is 7.10. The summed E-state index contributed by atoms with van der Waals surface area (Å²) in [6.45, 7) is 2.62. The maximum absolute atomic E-state index is 11.8. The van der Waals surface area contributed by atoms with Crippen molar-refractivity contribution in [1.29, 1.82) is 0 Å². The molecule has 1 amide bonds. The maximum Gasteiger partial charge on any atom is 0.221 e. The number of benzene rings is 1. The van der Waals surface area contributed by atoms with Gasteiger partial charge in [-0.15, -0.1) is 0 Å². The molecule has 2 N–H and O–H groups in total. The summed E-state index contributed by atoms with van der Waals surface area (Å²) in [6, 6.07) is 9.72. The van der Waals surface area contributed by atoms with Gasteiger partial charge in [0.15, 0.2) is 0 Å².